The van der Waals surface area contributed by atoms with Crippen LogP contribution in [0.2, 0.25) is 0 Å². The molecule has 0 saturated carbocycles. The first-order valence-electron chi connectivity index (χ1n) is 9.16. The third-order valence-corrected chi connectivity index (χ3v) is 6.26. The molecule has 0 amide bonds. The van der Waals surface area contributed by atoms with Crippen molar-refractivity contribution in [2.45, 2.75) is 25.3 Å². The number of nitrogens with zero attached hydrogens (tertiary/aromatic N) is 4. The third kappa shape index (κ3) is 2.27. The van der Waals surface area contributed by atoms with Crippen LogP contribution in [0.4, 0.5) is 5.95 Å². The number of thiazole rings is 1. The molecule has 2 aliphatic rings. The molecule has 1 unspecified atom stereocenters. The van der Waals surface area contributed by atoms with Gasteiger partial charge in [-0.15, -0.1) is 11.3 Å². The maximum atomic E-state index is 12.7. The van der Waals surface area contributed by atoms with E-state index in [1.807, 2.05) is 36.4 Å². The summed E-state index contributed by atoms with van der Waals surface area (Å²) in [5.74, 6) is 2.14. The summed E-state index contributed by atoms with van der Waals surface area (Å²) in [5.41, 5.74) is 2.61. The molecule has 3 aromatic heterocycles. The summed E-state index contributed by atoms with van der Waals surface area (Å²) in [4.78, 5) is 21.7. The smallest absolute Gasteiger partial charge is 0.226 e. The molecule has 4 heterocycles. The van der Waals surface area contributed by atoms with Crippen LogP contribution < -0.4 is 5.32 Å². The molecule has 8 heteroatoms. The van der Waals surface area contributed by atoms with Gasteiger partial charge in [0.1, 0.15) is 18.1 Å². The molecule has 1 atom stereocenters. The molecule has 0 fully saturated rings. The molecule has 7 nitrogen and oxygen atoms in total. The van der Waals surface area contributed by atoms with Crippen LogP contribution in [-0.4, -0.2) is 25.5 Å². The van der Waals surface area contributed by atoms with Gasteiger partial charge in [0.2, 0.25) is 5.95 Å². The van der Waals surface area contributed by atoms with Gasteiger partial charge in [0, 0.05) is 17.7 Å². The number of Topliss-reactive ketones (excluding diaryl/α,β-unsaturated/α-hetero) is 1. The van der Waals surface area contributed by atoms with Gasteiger partial charge in [0.15, 0.2) is 16.6 Å². The fourth-order valence-corrected chi connectivity index (χ4v) is 4.88. The Kier molecular flexibility index (Phi) is 3.30. The Balaban J connectivity index is 1.47. The van der Waals surface area contributed by atoms with Gasteiger partial charge in [-0.1, -0.05) is 12.1 Å². The lowest BCUT2D eigenvalue weighted by molar-refractivity contribution is -0.116. The summed E-state index contributed by atoms with van der Waals surface area (Å²) < 4.78 is 9.05. The molecule has 28 heavy (non-hydrogen) atoms. The van der Waals surface area contributed by atoms with Gasteiger partial charge < -0.3 is 9.73 Å². The molecular weight excluding hydrogens is 374 g/mol. The average molecular weight is 389 g/mol. The lowest BCUT2D eigenvalue weighted by atomic mass is 9.88. The molecule has 138 valence electrons. The van der Waals surface area contributed by atoms with E-state index in [2.05, 4.69) is 20.4 Å². The number of rotatable bonds is 2. The second-order valence-electron chi connectivity index (χ2n) is 6.91. The van der Waals surface area contributed by atoms with Crippen LogP contribution in [0.1, 0.15) is 31.1 Å². The van der Waals surface area contributed by atoms with Crippen LogP contribution in [0.5, 0.6) is 0 Å². The van der Waals surface area contributed by atoms with Crippen LogP contribution in [0.15, 0.2) is 58.4 Å². The second kappa shape index (κ2) is 5.87. The van der Waals surface area contributed by atoms with Crippen molar-refractivity contribution >= 4 is 33.3 Å². The van der Waals surface area contributed by atoms with Crippen molar-refractivity contribution in [3.8, 4) is 10.8 Å². The van der Waals surface area contributed by atoms with Crippen molar-refractivity contribution in [2.75, 3.05) is 5.32 Å². The topological polar surface area (TPSA) is 85.8 Å². The minimum atomic E-state index is -0.398. The Morgan fingerprint density at radius 2 is 2.11 bits per heavy atom. The molecule has 1 aliphatic heterocycles. The van der Waals surface area contributed by atoms with Gasteiger partial charge in [-0.05, 0) is 37.1 Å². The quantitative estimate of drug-likeness (QED) is 0.554. The Hall–Kier alpha value is -3.26. The van der Waals surface area contributed by atoms with Gasteiger partial charge in [-0.2, -0.15) is 10.1 Å². The number of carbonyl (C=O) groups excluding carboxylic acids is 1. The monoisotopic (exact) mass is 389 g/mol. The summed E-state index contributed by atoms with van der Waals surface area (Å²) in [6, 6.07) is 11.4. The highest BCUT2D eigenvalue weighted by molar-refractivity contribution is 7.21. The maximum absolute atomic E-state index is 12.7. The Labute approximate surface area is 163 Å². The van der Waals surface area contributed by atoms with E-state index < -0.39 is 6.04 Å². The minimum Gasteiger partial charge on any atom is -0.456 e. The number of hydrogen-bond acceptors (Lipinski definition) is 7. The number of furan rings is 1. The van der Waals surface area contributed by atoms with Crippen LogP contribution >= 0.6 is 11.3 Å². The van der Waals surface area contributed by atoms with Crippen molar-refractivity contribution in [1.29, 1.82) is 0 Å². The Bertz CT molecular complexity index is 1230. The van der Waals surface area contributed by atoms with Crippen LogP contribution in [0, 0.1) is 0 Å². The van der Waals surface area contributed by atoms with E-state index in [9.17, 15) is 4.79 Å². The van der Waals surface area contributed by atoms with Gasteiger partial charge in [0.05, 0.1) is 10.2 Å². The number of benzene rings is 1. The van der Waals surface area contributed by atoms with E-state index in [-0.39, 0.29) is 5.78 Å². The van der Waals surface area contributed by atoms with E-state index in [4.69, 9.17) is 4.42 Å². The highest BCUT2D eigenvalue weighted by atomic mass is 32.1. The minimum absolute atomic E-state index is 0.137. The number of allylic oxidation sites excluding steroid dienone is 2. The number of hydrogen-bond donors (Lipinski definition) is 1. The maximum Gasteiger partial charge on any atom is 0.226 e. The fraction of sp³-hybridized carbons (Fsp3) is 0.200. The molecule has 0 saturated heterocycles. The van der Waals surface area contributed by atoms with E-state index in [0.29, 0.717) is 23.9 Å². The normalized spacial score (nSPS) is 18.9. The average Bonchev–Trinajstić information content (AvgIpc) is 3.44. The van der Waals surface area contributed by atoms with Crippen molar-refractivity contribution in [1.82, 2.24) is 19.7 Å². The molecule has 0 radical (unpaired) electrons. The molecule has 6 rings (SSSR count). The predicted molar refractivity (Wildman–Crippen MR) is 105 cm³/mol. The van der Waals surface area contributed by atoms with Crippen molar-refractivity contribution in [3.05, 3.63) is 59.8 Å². The predicted octanol–water partition coefficient (Wildman–Crippen LogP) is 4.17. The van der Waals surface area contributed by atoms with Gasteiger partial charge in [0.25, 0.3) is 0 Å². The number of fused-ring (bicyclic) bond motifs is 2. The summed E-state index contributed by atoms with van der Waals surface area (Å²) in [6.45, 7) is 0. The zero-order valence-electron chi connectivity index (χ0n) is 14.8. The van der Waals surface area contributed by atoms with Gasteiger partial charge >= 0.3 is 0 Å². The third-order valence-electron chi connectivity index (χ3n) is 5.21. The molecule has 1 aliphatic carbocycles. The number of anilines is 1. The number of ketones is 1. The van der Waals surface area contributed by atoms with Gasteiger partial charge in [-0.25, -0.2) is 9.67 Å². The largest absolute Gasteiger partial charge is 0.456 e. The SMILES string of the molecule is O=C1CCCC2=C1C(c1ccc(-c3nc4ccccc4s3)o1)n1ncnc1N2. The number of aromatic nitrogens is 4. The molecule has 1 N–H and O–H groups in total. The van der Waals surface area contributed by atoms with Crippen molar-refractivity contribution in [2.24, 2.45) is 0 Å². The van der Waals surface area contributed by atoms with E-state index >= 15 is 0 Å². The molecular formula is C20H15N5O2S. The van der Waals surface area contributed by atoms with E-state index in [1.165, 1.54) is 6.33 Å². The van der Waals surface area contributed by atoms with E-state index in [0.717, 1.165) is 39.3 Å². The standard InChI is InChI=1S/C20H15N5O2S/c26-13-6-3-5-12-17(13)18(25-20(24-12)21-10-22-25)14-8-9-15(27-14)19-23-11-4-1-2-7-16(11)28-19/h1-2,4,7-10,18H,3,5-6H2,(H,21,22,24). The molecule has 0 bridgehead atoms. The first-order valence-corrected chi connectivity index (χ1v) is 9.98. The van der Waals surface area contributed by atoms with Gasteiger partial charge in [-0.3, -0.25) is 4.79 Å². The lowest BCUT2D eigenvalue weighted by Crippen LogP contribution is -2.31. The highest BCUT2D eigenvalue weighted by Gasteiger charge is 2.37. The van der Waals surface area contributed by atoms with E-state index in [1.54, 1.807) is 16.0 Å². The molecule has 0 spiro atoms. The summed E-state index contributed by atoms with van der Waals surface area (Å²) in [6.07, 6.45) is 3.72. The van der Waals surface area contributed by atoms with Crippen LogP contribution in [-0.2, 0) is 4.79 Å². The Morgan fingerprint density at radius 1 is 1.18 bits per heavy atom. The number of carbonyl (C=O) groups is 1. The fourth-order valence-electron chi connectivity index (χ4n) is 3.95. The first-order chi connectivity index (χ1) is 13.8. The summed E-state index contributed by atoms with van der Waals surface area (Å²) in [7, 11) is 0. The van der Waals surface area contributed by atoms with Crippen molar-refractivity contribution < 1.29 is 9.21 Å². The first kappa shape index (κ1) is 15.8. The van der Waals surface area contributed by atoms with Crippen LogP contribution in [0.3, 0.4) is 0 Å². The number of nitrogens with one attached hydrogen (secondary N) is 1. The molecule has 1 aromatic carbocycles. The lowest BCUT2D eigenvalue weighted by Gasteiger charge is -2.30. The zero-order valence-corrected chi connectivity index (χ0v) is 15.6. The van der Waals surface area contributed by atoms with Crippen LogP contribution in [0.25, 0.3) is 21.0 Å². The zero-order chi connectivity index (χ0) is 18.7. The highest BCUT2D eigenvalue weighted by Crippen LogP contribution is 2.41. The molecule has 4 aromatic rings. The summed E-state index contributed by atoms with van der Waals surface area (Å²) in [5, 5.41) is 8.43. The summed E-state index contributed by atoms with van der Waals surface area (Å²) >= 11 is 1.59. The Morgan fingerprint density at radius 3 is 3.04 bits per heavy atom. The second-order valence-corrected chi connectivity index (χ2v) is 7.94. The van der Waals surface area contributed by atoms with Crippen molar-refractivity contribution in [3.63, 3.8) is 0 Å². The number of para-hydroxylation sites is 1.